The van der Waals surface area contributed by atoms with Gasteiger partial charge in [-0.15, -0.1) is 0 Å². The van der Waals surface area contributed by atoms with Gasteiger partial charge in [0.05, 0.1) is 23.5 Å². The predicted molar refractivity (Wildman–Crippen MR) is 198 cm³/mol. The smallest absolute Gasteiger partial charge is 0.309 e. The number of hydrogen-bond donors (Lipinski definition) is 2. The summed E-state index contributed by atoms with van der Waals surface area (Å²) in [4.78, 5) is 39.1. The number of ether oxygens (including phenoxy) is 1. The van der Waals surface area contributed by atoms with E-state index in [2.05, 4.69) is 58.3 Å². The average molecular weight is 698 g/mol. The van der Waals surface area contributed by atoms with Crippen molar-refractivity contribution in [2.45, 2.75) is 125 Å². The second-order valence-corrected chi connectivity index (χ2v) is 18.8. The van der Waals surface area contributed by atoms with E-state index in [4.69, 9.17) is 9.15 Å². The third-order valence-electron chi connectivity index (χ3n) is 16.0. The van der Waals surface area contributed by atoms with Crippen LogP contribution in [0.4, 0.5) is 0 Å². The first-order valence-electron chi connectivity index (χ1n) is 19.5. The van der Waals surface area contributed by atoms with Crippen molar-refractivity contribution in [1.29, 1.82) is 0 Å². The summed E-state index contributed by atoms with van der Waals surface area (Å²) in [5.41, 5.74) is 2.91. The van der Waals surface area contributed by atoms with Crippen molar-refractivity contribution in [1.82, 2.24) is 5.32 Å². The third-order valence-corrected chi connectivity index (χ3v) is 16.0. The molecule has 1 aromatic heterocycles. The minimum absolute atomic E-state index is 0.0483. The fourth-order valence-electron chi connectivity index (χ4n) is 13.0. The summed E-state index contributed by atoms with van der Waals surface area (Å²) in [6, 6.07) is 8.12. The number of fused-ring (bicyclic) bond motifs is 8. The van der Waals surface area contributed by atoms with Gasteiger partial charge in [0.2, 0.25) is 5.91 Å². The lowest BCUT2D eigenvalue weighted by atomic mass is 9.33. The monoisotopic (exact) mass is 697 g/mol. The lowest BCUT2D eigenvalue weighted by Gasteiger charge is -2.71. The second-order valence-electron chi connectivity index (χ2n) is 18.8. The van der Waals surface area contributed by atoms with Crippen molar-refractivity contribution in [2.24, 2.45) is 56.7 Å². The van der Waals surface area contributed by atoms with Crippen molar-refractivity contribution < 1.29 is 28.6 Å². The Balaban J connectivity index is 1.11. The Kier molecular flexibility index (Phi) is 8.74. The molecule has 2 aromatic rings. The maximum Gasteiger partial charge on any atom is 0.309 e. The molecule has 0 spiro atoms. The number of esters is 1. The van der Waals surface area contributed by atoms with Crippen LogP contribution in [-0.4, -0.2) is 29.1 Å². The van der Waals surface area contributed by atoms with Gasteiger partial charge >= 0.3 is 11.9 Å². The zero-order valence-corrected chi connectivity index (χ0v) is 31.7. The fraction of sp³-hybridized carbons (Fsp3) is 0.659. The summed E-state index contributed by atoms with van der Waals surface area (Å²) in [5.74, 6) is 0.628. The number of carboxylic acid groups (broad SMARTS) is 1. The minimum atomic E-state index is -1.17. The molecule has 0 radical (unpaired) electrons. The van der Waals surface area contributed by atoms with E-state index < -0.39 is 17.4 Å². The highest BCUT2D eigenvalue weighted by atomic mass is 16.5. The van der Waals surface area contributed by atoms with E-state index >= 15 is 0 Å². The van der Waals surface area contributed by atoms with E-state index in [1.165, 1.54) is 5.57 Å². The minimum Gasteiger partial charge on any atom is -0.481 e. The van der Waals surface area contributed by atoms with Gasteiger partial charge in [0.1, 0.15) is 11.7 Å². The first-order valence-corrected chi connectivity index (χ1v) is 19.5. The number of aliphatic carboxylic acids is 1. The molecular formula is C44H59NO6. The number of benzene rings is 1. The number of rotatable bonds is 8. The van der Waals surface area contributed by atoms with E-state index in [0.29, 0.717) is 24.3 Å². The number of amides is 1. The maximum atomic E-state index is 14.6. The Morgan fingerprint density at radius 3 is 2.47 bits per heavy atom. The molecule has 0 aliphatic heterocycles. The predicted octanol–water partition coefficient (Wildman–Crippen LogP) is 9.65. The van der Waals surface area contributed by atoms with Crippen LogP contribution in [0.2, 0.25) is 0 Å². The summed E-state index contributed by atoms with van der Waals surface area (Å²) in [6.45, 7) is 22.6. The van der Waals surface area contributed by atoms with E-state index in [1.54, 1.807) is 20.1 Å². The summed E-state index contributed by atoms with van der Waals surface area (Å²) in [6.07, 6.45) is 11.2. The van der Waals surface area contributed by atoms with Crippen molar-refractivity contribution in [3.63, 3.8) is 0 Å². The van der Waals surface area contributed by atoms with Crippen molar-refractivity contribution in [3.05, 3.63) is 60.4 Å². The Morgan fingerprint density at radius 2 is 1.75 bits per heavy atom. The number of allylic oxidation sites excluding steroid dienone is 1. The number of hydrogen-bond acceptors (Lipinski definition) is 5. The molecule has 7 nitrogen and oxygen atoms in total. The van der Waals surface area contributed by atoms with Crippen LogP contribution in [0.25, 0.3) is 11.0 Å². The molecular weight excluding hydrogens is 638 g/mol. The van der Waals surface area contributed by atoms with Gasteiger partial charge in [0.25, 0.3) is 0 Å². The third kappa shape index (κ3) is 5.45. The highest BCUT2D eigenvalue weighted by Crippen LogP contribution is 2.76. The summed E-state index contributed by atoms with van der Waals surface area (Å²) in [5, 5.41) is 14.0. The zero-order chi connectivity index (χ0) is 36.7. The molecule has 51 heavy (non-hydrogen) atoms. The molecule has 5 aliphatic rings. The summed E-state index contributed by atoms with van der Waals surface area (Å²) in [7, 11) is 0. The molecule has 5 saturated carbocycles. The van der Waals surface area contributed by atoms with Gasteiger partial charge in [-0.05, 0) is 160 Å². The van der Waals surface area contributed by atoms with Gasteiger partial charge in [-0.3, -0.25) is 14.4 Å². The molecule has 0 saturated heterocycles. The molecule has 1 amide bonds. The molecule has 5 aliphatic carbocycles. The molecule has 1 heterocycles. The Hall–Kier alpha value is -3.35. The van der Waals surface area contributed by atoms with Crippen molar-refractivity contribution in [2.75, 3.05) is 0 Å². The van der Waals surface area contributed by atoms with Crippen LogP contribution in [0.5, 0.6) is 0 Å². The van der Waals surface area contributed by atoms with Gasteiger partial charge in [-0.1, -0.05) is 45.6 Å². The topological polar surface area (TPSA) is 106 Å². The van der Waals surface area contributed by atoms with Crippen molar-refractivity contribution in [3.8, 4) is 0 Å². The van der Waals surface area contributed by atoms with Crippen LogP contribution >= 0.6 is 0 Å². The Morgan fingerprint density at radius 1 is 0.980 bits per heavy atom. The van der Waals surface area contributed by atoms with Crippen LogP contribution in [0.3, 0.4) is 0 Å². The van der Waals surface area contributed by atoms with Crippen LogP contribution < -0.4 is 5.32 Å². The summed E-state index contributed by atoms with van der Waals surface area (Å²) < 4.78 is 11.5. The zero-order valence-electron chi connectivity index (χ0n) is 31.7. The largest absolute Gasteiger partial charge is 0.481 e. The number of furan rings is 1. The molecule has 10 atom stereocenters. The van der Waals surface area contributed by atoms with E-state index in [9.17, 15) is 19.5 Å². The van der Waals surface area contributed by atoms with E-state index in [-0.39, 0.29) is 51.9 Å². The molecule has 0 unspecified atom stereocenters. The maximum absolute atomic E-state index is 14.6. The Bertz CT molecular complexity index is 1770. The molecule has 7 heteroatoms. The number of carboxylic acids is 1. The van der Waals surface area contributed by atoms with E-state index in [0.717, 1.165) is 86.3 Å². The normalized spacial score (nSPS) is 38.9. The fourth-order valence-corrected chi connectivity index (χ4v) is 13.0. The lowest BCUT2D eigenvalue weighted by molar-refractivity contribution is -0.221. The first-order chi connectivity index (χ1) is 24.0. The average Bonchev–Trinajstić information content (AvgIpc) is 3.70. The van der Waals surface area contributed by atoms with Gasteiger partial charge in [0.15, 0.2) is 0 Å². The second kappa shape index (κ2) is 12.4. The quantitative estimate of drug-likeness (QED) is 0.210. The molecule has 0 bridgehead atoms. The number of nitrogens with one attached hydrogen (secondary N) is 1. The Labute approximate surface area is 304 Å². The highest BCUT2D eigenvalue weighted by molar-refractivity contribution is 5.84. The van der Waals surface area contributed by atoms with Crippen LogP contribution in [0.15, 0.2) is 59.2 Å². The van der Waals surface area contributed by atoms with Crippen LogP contribution in [-0.2, 0) is 25.7 Å². The highest BCUT2D eigenvalue weighted by Gasteiger charge is 2.71. The van der Waals surface area contributed by atoms with Crippen LogP contribution in [0, 0.1) is 56.7 Å². The van der Waals surface area contributed by atoms with Crippen LogP contribution in [0.1, 0.15) is 118 Å². The molecule has 7 rings (SSSR count). The van der Waals surface area contributed by atoms with E-state index in [1.807, 2.05) is 12.1 Å². The number of carbonyl (C=O) groups is 3. The van der Waals surface area contributed by atoms with Gasteiger partial charge in [0, 0.05) is 11.9 Å². The molecule has 1 aromatic carbocycles. The molecule has 5 fully saturated rings. The SMILES string of the molecule is C=C(C)[C@@H]1CC[C@]2(C(=O)NCc3ccc4occc4c3)CC[C@]3(C)[C@H](CC[C@@H]4[C@@]5(C)CC[C@H](OC(=O)CC(C)(C)C(=O)O)C(=C)[C@@H]5CC[C@]43C)[C@@H]12. The summed E-state index contributed by atoms with van der Waals surface area (Å²) >= 11 is 0. The first kappa shape index (κ1) is 36.0. The van der Waals surface area contributed by atoms with Gasteiger partial charge in [-0.25, -0.2) is 0 Å². The van der Waals surface area contributed by atoms with Crippen molar-refractivity contribution >= 4 is 28.8 Å². The van der Waals surface area contributed by atoms with Gasteiger partial charge < -0.3 is 19.6 Å². The standard InChI is InChI=1S/C44H59NO6/c1-26(2)30-13-19-44(38(47)45-25-28-9-11-34-29(23-28)16-22-50-34)21-20-42(7)32(37(30)44)10-12-35-41(6)17-15-33(27(3)31(41)14-18-43(35,42)8)51-36(46)24-40(4,5)39(48)49/h9,11,16,22-23,30-33,35,37H,1,3,10,12-15,17-21,24-25H2,2,4-8H3,(H,45,47)(H,48,49)/t30-,31-,32+,33-,35+,37+,41-,42+,43+,44-/m0/s1. The molecule has 276 valence electrons. The lowest BCUT2D eigenvalue weighted by Crippen LogP contribution is -2.66. The molecule has 2 N–H and O–H groups in total. The van der Waals surface area contributed by atoms with Gasteiger partial charge in [-0.2, -0.15) is 0 Å². The number of carbonyl (C=O) groups excluding carboxylic acids is 2.